The molecule has 0 radical (unpaired) electrons. The molecule has 2 heteroatoms. The van der Waals surface area contributed by atoms with Gasteiger partial charge in [-0.05, 0) is 44.5 Å². The fourth-order valence-corrected chi connectivity index (χ4v) is 2.06. The Morgan fingerprint density at radius 3 is 2.53 bits per heavy atom. The number of para-hydroxylation sites is 1. The highest BCUT2D eigenvalue weighted by atomic mass is 16.5. The molecular weight excluding hydrogens is 236 g/mol. The van der Waals surface area contributed by atoms with Crippen molar-refractivity contribution in [3.8, 4) is 5.75 Å². The molecule has 0 saturated heterocycles. The van der Waals surface area contributed by atoms with Crippen LogP contribution in [0.1, 0.15) is 34.0 Å². The molecule has 2 aromatic carbocycles. The van der Waals surface area contributed by atoms with Crippen LogP contribution in [0.4, 0.5) is 0 Å². The number of hydrogen-bond acceptors (Lipinski definition) is 2. The molecule has 0 bridgehead atoms. The molecule has 0 aromatic heterocycles. The third-order valence-corrected chi connectivity index (χ3v) is 3.07. The molecule has 2 nitrogen and oxygen atoms in total. The molecule has 0 unspecified atom stereocenters. The minimum Gasteiger partial charge on any atom is -0.493 e. The molecule has 0 heterocycles. The van der Waals surface area contributed by atoms with Crippen molar-refractivity contribution in [2.24, 2.45) is 0 Å². The van der Waals surface area contributed by atoms with Gasteiger partial charge in [0.05, 0.1) is 12.2 Å². The summed E-state index contributed by atoms with van der Waals surface area (Å²) in [5.41, 5.74) is 3.44. The van der Waals surface area contributed by atoms with Crippen LogP contribution in [-0.2, 0) is 0 Å². The van der Waals surface area contributed by atoms with E-state index in [1.165, 1.54) is 0 Å². The third kappa shape index (κ3) is 2.84. The number of aryl methyl sites for hydroxylation is 2. The first-order chi connectivity index (χ1) is 9.13. The Bertz CT molecular complexity index is 600. The van der Waals surface area contributed by atoms with Gasteiger partial charge in [0.1, 0.15) is 5.75 Å². The van der Waals surface area contributed by atoms with Gasteiger partial charge in [0.15, 0.2) is 5.78 Å². The molecule has 0 N–H and O–H groups in total. The van der Waals surface area contributed by atoms with Crippen LogP contribution in [0.3, 0.4) is 0 Å². The number of carbonyl (C=O) groups is 1. The first-order valence-electron chi connectivity index (χ1n) is 6.47. The predicted octanol–water partition coefficient (Wildman–Crippen LogP) is 3.93. The summed E-state index contributed by atoms with van der Waals surface area (Å²) in [5, 5.41) is 0. The number of rotatable bonds is 4. The maximum absolute atomic E-state index is 12.6. The zero-order valence-corrected chi connectivity index (χ0v) is 11.6. The second-order valence-corrected chi connectivity index (χ2v) is 4.58. The van der Waals surface area contributed by atoms with Crippen LogP contribution in [0.2, 0.25) is 0 Å². The minimum absolute atomic E-state index is 0.0188. The monoisotopic (exact) mass is 254 g/mol. The SMILES string of the molecule is CCOc1ccccc1C(=O)c1cc(C)ccc1C. The van der Waals surface area contributed by atoms with Crippen molar-refractivity contribution < 1.29 is 9.53 Å². The number of carbonyl (C=O) groups excluding carboxylic acids is 1. The molecule has 0 fully saturated rings. The smallest absolute Gasteiger partial charge is 0.197 e. The van der Waals surface area contributed by atoms with E-state index in [9.17, 15) is 4.79 Å². The highest BCUT2D eigenvalue weighted by Gasteiger charge is 2.16. The molecule has 19 heavy (non-hydrogen) atoms. The summed E-state index contributed by atoms with van der Waals surface area (Å²) < 4.78 is 5.53. The van der Waals surface area contributed by atoms with Gasteiger partial charge in [0.2, 0.25) is 0 Å². The molecule has 0 atom stereocenters. The number of hydrogen-bond donors (Lipinski definition) is 0. The lowest BCUT2D eigenvalue weighted by Crippen LogP contribution is -2.07. The van der Waals surface area contributed by atoms with E-state index >= 15 is 0 Å². The maximum atomic E-state index is 12.6. The lowest BCUT2D eigenvalue weighted by atomic mass is 9.97. The first kappa shape index (κ1) is 13.3. The number of benzene rings is 2. The summed E-state index contributed by atoms with van der Waals surface area (Å²) in [5.74, 6) is 0.668. The summed E-state index contributed by atoms with van der Waals surface area (Å²) in [7, 11) is 0. The fraction of sp³-hybridized carbons (Fsp3) is 0.235. The summed E-state index contributed by atoms with van der Waals surface area (Å²) in [6, 6.07) is 13.3. The van der Waals surface area contributed by atoms with Crippen molar-refractivity contribution in [3.05, 3.63) is 64.7 Å². The van der Waals surface area contributed by atoms with Crippen LogP contribution >= 0.6 is 0 Å². The molecule has 2 rings (SSSR count). The molecule has 0 aliphatic carbocycles. The summed E-state index contributed by atoms with van der Waals surface area (Å²) >= 11 is 0. The van der Waals surface area contributed by atoms with Crippen molar-refractivity contribution in [1.82, 2.24) is 0 Å². The van der Waals surface area contributed by atoms with Crippen molar-refractivity contribution >= 4 is 5.78 Å². The number of ketones is 1. The largest absolute Gasteiger partial charge is 0.493 e. The minimum atomic E-state index is 0.0188. The molecule has 0 aliphatic heterocycles. The Balaban J connectivity index is 2.47. The topological polar surface area (TPSA) is 26.3 Å². The van der Waals surface area contributed by atoms with Gasteiger partial charge in [-0.15, -0.1) is 0 Å². The number of ether oxygens (including phenoxy) is 1. The van der Waals surface area contributed by atoms with Gasteiger partial charge in [0, 0.05) is 5.56 Å². The van der Waals surface area contributed by atoms with E-state index in [1.54, 1.807) is 0 Å². The van der Waals surface area contributed by atoms with Crippen molar-refractivity contribution in [1.29, 1.82) is 0 Å². The van der Waals surface area contributed by atoms with Gasteiger partial charge in [0.25, 0.3) is 0 Å². The van der Waals surface area contributed by atoms with Crippen LogP contribution in [-0.4, -0.2) is 12.4 Å². The van der Waals surface area contributed by atoms with Gasteiger partial charge < -0.3 is 4.74 Å². The second kappa shape index (κ2) is 5.70. The van der Waals surface area contributed by atoms with Gasteiger partial charge in [-0.25, -0.2) is 0 Å². The second-order valence-electron chi connectivity index (χ2n) is 4.58. The molecule has 0 aliphatic rings. The van der Waals surface area contributed by atoms with Crippen LogP contribution in [0.5, 0.6) is 5.75 Å². The first-order valence-corrected chi connectivity index (χ1v) is 6.47. The Morgan fingerprint density at radius 2 is 1.79 bits per heavy atom. The van der Waals surface area contributed by atoms with E-state index in [4.69, 9.17) is 4.74 Å². The van der Waals surface area contributed by atoms with E-state index in [0.29, 0.717) is 17.9 Å². The zero-order chi connectivity index (χ0) is 13.8. The maximum Gasteiger partial charge on any atom is 0.197 e. The zero-order valence-electron chi connectivity index (χ0n) is 11.6. The standard InChI is InChI=1S/C17H18O2/c1-4-19-16-8-6-5-7-14(16)17(18)15-11-12(2)9-10-13(15)3/h5-11H,4H2,1-3H3. The van der Waals surface area contributed by atoms with Gasteiger partial charge in [-0.3, -0.25) is 4.79 Å². The Labute approximate surface area is 114 Å². The molecule has 98 valence electrons. The lowest BCUT2D eigenvalue weighted by Gasteiger charge is -2.11. The summed E-state index contributed by atoms with van der Waals surface area (Å²) in [6.07, 6.45) is 0. The van der Waals surface area contributed by atoms with Crippen LogP contribution < -0.4 is 4.74 Å². The normalized spacial score (nSPS) is 10.3. The van der Waals surface area contributed by atoms with Crippen LogP contribution in [0.15, 0.2) is 42.5 Å². The molecule has 0 saturated carbocycles. The average molecular weight is 254 g/mol. The van der Waals surface area contributed by atoms with E-state index in [-0.39, 0.29) is 5.78 Å². The molecule has 2 aromatic rings. The van der Waals surface area contributed by atoms with E-state index in [0.717, 1.165) is 16.7 Å². The van der Waals surface area contributed by atoms with Crippen molar-refractivity contribution in [3.63, 3.8) is 0 Å². The van der Waals surface area contributed by atoms with Crippen molar-refractivity contribution in [2.45, 2.75) is 20.8 Å². The predicted molar refractivity (Wildman–Crippen MR) is 77.0 cm³/mol. The lowest BCUT2D eigenvalue weighted by molar-refractivity contribution is 0.103. The van der Waals surface area contributed by atoms with Crippen molar-refractivity contribution in [2.75, 3.05) is 6.61 Å². The molecule has 0 spiro atoms. The molecular formula is C17H18O2. The molecule has 0 amide bonds. The van der Waals surface area contributed by atoms with Crippen LogP contribution in [0, 0.1) is 13.8 Å². The van der Waals surface area contributed by atoms with E-state index in [1.807, 2.05) is 63.2 Å². The Morgan fingerprint density at radius 1 is 1.05 bits per heavy atom. The highest BCUT2D eigenvalue weighted by molar-refractivity contribution is 6.11. The van der Waals surface area contributed by atoms with Gasteiger partial charge in [-0.2, -0.15) is 0 Å². The van der Waals surface area contributed by atoms with Gasteiger partial charge in [-0.1, -0.05) is 29.8 Å². The van der Waals surface area contributed by atoms with Crippen LogP contribution in [0.25, 0.3) is 0 Å². The summed E-state index contributed by atoms with van der Waals surface area (Å²) in [6.45, 7) is 6.41. The van der Waals surface area contributed by atoms with Gasteiger partial charge >= 0.3 is 0 Å². The summed E-state index contributed by atoms with van der Waals surface area (Å²) in [4.78, 5) is 12.6. The Kier molecular flexibility index (Phi) is 4.00. The third-order valence-electron chi connectivity index (χ3n) is 3.07. The van der Waals surface area contributed by atoms with E-state index < -0.39 is 0 Å². The highest BCUT2D eigenvalue weighted by Crippen LogP contribution is 2.23. The average Bonchev–Trinajstić information content (AvgIpc) is 2.42. The quantitative estimate of drug-likeness (QED) is 0.773. The Hall–Kier alpha value is -2.09. The fourth-order valence-electron chi connectivity index (χ4n) is 2.06. The van der Waals surface area contributed by atoms with E-state index in [2.05, 4.69) is 0 Å².